The fourth-order valence-corrected chi connectivity index (χ4v) is 3.35. The number of nitrogens with two attached hydrogens (primary N) is 1. The van der Waals surface area contributed by atoms with Crippen molar-refractivity contribution in [2.24, 2.45) is 5.10 Å². The van der Waals surface area contributed by atoms with Crippen molar-refractivity contribution in [3.63, 3.8) is 0 Å². The van der Waals surface area contributed by atoms with Crippen molar-refractivity contribution >= 4 is 29.5 Å². The maximum Gasteiger partial charge on any atom is 0.293 e. The normalized spacial score (nSPS) is 11.5. The molecule has 3 N–H and O–H groups in total. The lowest BCUT2D eigenvalue weighted by atomic mass is 10.3. The number of para-hydroxylation sites is 1. The van der Waals surface area contributed by atoms with E-state index in [1.54, 1.807) is 11.6 Å². The van der Waals surface area contributed by atoms with E-state index in [-0.39, 0.29) is 17.3 Å². The Balaban J connectivity index is 1.57. The van der Waals surface area contributed by atoms with Crippen LogP contribution in [0.2, 0.25) is 5.15 Å². The monoisotopic (exact) mass is 469 g/mol. The Kier molecular flexibility index (Phi) is 6.15. The second kappa shape index (κ2) is 9.18. The molecular weight excluding hydrogens is 450 g/mol. The van der Waals surface area contributed by atoms with Crippen molar-refractivity contribution in [3.8, 4) is 11.5 Å². The molecule has 0 aliphatic carbocycles. The number of nitrogen functional groups attached to an aromatic ring is 1. The minimum Gasteiger partial charge on any atom is -0.378 e. The second-order valence-corrected chi connectivity index (χ2v) is 7.60. The lowest BCUT2D eigenvalue weighted by molar-refractivity contribution is 0.0948. The standard InChI is InChI=1S/C19H20ClN11O2/c1-11-13(16(20)30(25-11)12-7-5-4-6-8-12)9-22-24-19(32)15-14(10-29(2)3)31(28-23-15)18-17(21)26-33-27-18/h4-9H,10H2,1-3H3,(H2,21,26)(H,24,32). The summed E-state index contributed by atoms with van der Waals surface area (Å²) in [7, 11) is 3.66. The molecule has 0 aliphatic rings. The van der Waals surface area contributed by atoms with Crippen LogP contribution < -0.4 is 11.2 Å². The van der Waals surface area contributed by atoms with E-state index in [1.165, 1.54) is 10.9 Å². The van der Waals surface area contributed by atoms with Gasteiger partial charge in [-0.25, -0.2) is 14.7 Å². The van der Waals surface area contributed by atoms with Gasteiger partial charge in [0.25, 0.3) is 5.91 Å². The van der Waals surface area contributed by atoms with Gasteiger partial charge in [-0.1, -0.05) is 35.0 Å². The van der Waals surface area contributed by atoms with Crippen LogP contribution in [-0.2, 0) is 6.54 Å². The van der Waals surface area contributed by atoms with Crippen molar-refractivity contribution in [2.75, 3.05) is 19.8 Å². The molecule has 0 saturated heterocycles. The molecule has 4 rings (SSSR count). The molecule has 0 radical (unpaired) electrons. The SMILES string of the molecule is Cc1nn(-c2ccccc2)c(Cl)c1C=NNC(=O)c1nnn(-c2nonc2N)c1CN(C)C. The minimum atomic E-state index is -0.575. The van der Waals surface area contributed by atoms with E-state index in [1.807, 2.05) is 49.3 Å². The van der Waals surface area contributed by atoms with Crippen LogP contribution in [0.25, 0.3) is 11.5 Å². The molecule has 0 saturated carbocycles. The van der Waals surface area contributed by atoms with Crippen molar-refractivity contribution < 1.29 is 9.42 Å². The molecule has 13 nitrogen and oxygen atoms in total. The smallest absolute Gasteiger partial charge is 0.293 e. The fraction of sp³-hybridized carbons (Fsp3) is 0.211. The lowest BCUT2D eigenvalue weighted by Gasteiger charge is -2.11. The number of nitrogens with zero attached hydrogens (tertiary/aromatic N) is 9. The number of aryl methyl sites for hydroxylation is 1. The highest BCUT2D eigenvalue weighted by Crippen LogP contribution is 2.22. The topological polar surface area (TPSA) is 158 Å². The first-order valence-corrected chi connectivity index (χ1v) is 10.1. The number of hydrazone groups is 1. The van der Waals surface area contributed by atoms with Crippen molar-refractivity contribution in [1.82, 2.24) is 45.4 Å². The van der Waals surface area contributed by atoms with E-state index in [2.05, 4.69) is 40.9 Å². The summed E-state index contributed by atoms with van der Waals surface area (Å²) in [5.41, 5.74) is 10.7. The van der Waals surface area contributed by atoms with Crippen molar-refractivity contribution in [2.45, 2.75) is 13.5 Å². The third-order valence-corrected chi connectivity index (χ3v) is 4.91. The predicted octanol–water partition coefficient (Wildman–Crippen LogP) is 1.21. The van der Waals surface area contributed by atoms with Gasteiger partial charge in [0.15, 0.2) is 5.69 Å². The van der Waals surface area contributed by atoms with Crippen LogP contribution in [0.3, 0.4) is 0 Å². The summed E-state index contributed by atoms with van der Waals surface area (Å²) in [5, 5.41) is 24.0. The zero-order valence-electron chi connectivity index (χ0n) is 18.0. The van der Waals surface area contributed by atoms with Gasteiger partial charge in [0.1, 0.15) is 5.15 Å². The molecule has 0 aliphatic heterocycles. The number of carbonyl (C=O) groups excluding carboxylic acids is 1. The van der Waals surface area contributed by atoms with Gasteiger partial charge in [-0.05, 0) is 43.5 Å². The summed E-state index contributed by atoms with van der Waals surface area (Å²) in [6.07, 6.45) is 1.43. The molecule has 1 aromatic carbocycles. The molecule has 0 bridgehead atoms. The number of benzene rings is 1. The Bertz CT molecular complexity index is 1310. The summed E-state index contributed by atoms with van der Waals surface area (Å²) in [4.78, 5) is 14.6. The number of aromatic nitrogens is 7. The van der Waals surface area contributed by atoms with Crippen LogP contribution in [-0.4, -0.2) is 66.2 Å². The Morgan fingerprint density at radius 3 is 2.70 bits per heavy atom. The van der Waals surface area contributed by atoms with Gasteiger partial charge < -0.3 is 10.6 Å². The zero-order valence-corrected chi connectivity index (χ0v) is 18.7. The molecule has 3 aromatic heterocycles. The Labute approximate surface area is 192 Å². The average molecular weight is 470 g/mol. The van der Waals surface area contributed by atoms with E-state index in [0.717, 1.165) is 5.69 Å². The molecule has 14 heteroatoms. The number of carbonyl (C=O) groups is 1. The van der Waals surface area contributed by atoms with Crippen LogP contribution in [0.5, 0.6) is 0 Å². The van der Waals surface area contributed by atoms with Crippen LogP contribution >= 0.6 is 11.6 Å². The highest BCUT2D eigenvalue weighted by atomic mass is 35.5. The van der Waals surface area contributed by atoms with Crippen LogP contribution in [0.1, 0.15) is 27.4 Å². The van der Waals surface area contributed by atoms with Gasteiger partial charge >= 0.3 is 0 Å². The first kappa shape index (κ1) is 22.1. The van der Waals surface area contributed by atoms with Gasteiger partial charge in [0.2, 0.25) is 11.6 Å². The predicted molar refractivity (Wildman–Crippen MR) is 119 cm³/mol. The lowest BCUT2D eigenvalue weighted by Crippen LogP contribution is -2.23. The molecule has 0 spiro atoms. The Morgan fingerprint density at radius 1 is 1.27 bits per heavy atom. The number of anilines is 1. The third-order valence-electron chi connectivity index (χ3n) is 4.55. The maximum absolute atomic E-state index is 12.8. The molecule has 0 atom stereocenters. The maximum atomic E-state index is 12.8. The van der Waals surface area contributed by atoms with E-state index in [0.29, 0.717) is 28.6 Å². The molecule has 0 unspecified atom stereocenters. The summed E-state index contributed by atoms with van der Waals surface area (Å²) in [6, 6.07) is 9.44. The summed E-state index contributed by atoms with van der Waals surface area (Å²) >= 11 is 6.49. The molecule has 0 fully saturated rings. The summed E-state index contributed by atoms with van der Waals surface area (Å²) in [5.74, 6) is -0.420. The van der Waals surface area contributed by atoms with E-state index < -0.39 is 5.91 Å². The molecule has 33 heavy (non-hydrogen) atoms. The number of hydrogen-bond donors (Lipinski definition) is 2. The summed E-state index contributed by atoms with van der Waals surface area (Å²) in [6.45, 7) is 2.12. The van der Waals surface area contributed by atoms with E-state index in [9.17, 15) is 4.79 Å². The number of rotatable bonds is 7. The number of hydrogen-bond acceptors (Lipinski definition) is 10. The zero-order chi connectivity index (χ0) is 23.5. The average Bonchev–Trinajstić information content (AvgIpc) is 3.47. The molecular formula is C19H20ClN11O2. The van der Waals surface area contributed by atoms with E-state index in [4.69, 9.17) is 17.3 Å². The number of nitrogens with one attached hydrogen (secondary N) is 1. The van der Waals surface area contributed by atoms with Gasteiger partial charge in [-0.15, -0.1) is 5.10 Å². The second-order valence-electron chi connectivity index (χ2n) is 7.24. The van der Waals surface area contributed by atoms with Crippen LogP contribution in [0.4, 0.5) is 5.82 Å². The molecule has 4 aromatic rings. The van der Waals surface area contributed by atoms with Crippen LogP contribution in [0.15, 0.2) is 40.1 Å². The minimum absolute atomic E-state index is 0.0189. The Morgan fingerprint density at radius 2 is 2.03 bits per heavy atom. The van der Waals surface area contributed by atoms with Crippen molar-refractivity contribution in [3.05, 3.63) is 58.1 Å². The molecule has 1 amide bonds. The van der Waals surface area contributed by atoms with E-state index >= 15 is 0 Å². The van der Waals surface area contributed by atoms with Crippen molar-refractivity contribution in [1.29, 1.82) is 0 Å². The van der Waals surface area contributed by atoms with Gasteiger partial charge in [0, 0.05) is 6.54 Å². The van der Waals surface area contributed by atoms with Gasteiger partial charge in [-0.3, -0.25) is 4.79 Å². The number of halogens is 1. The summed E-state index contributed by atoms with van der Waals surface area (Å²) < 4.78 is 7.52. The number of amides is 1. The first-order valence-electron chi connectivity index (χ1n) is 9.68. The third kappa shape index (κ3) is 4.44. The molecule has 3 heterocycles. The van der Waals surface area contributed by atoms with Crippen LogP contribution in [0, 0.1) is 6.92 Å². The first-order chi connectivity index (χ1) is 15.9. The fourth-order valence-electron chi connectivity index (χ4n) is 3.03. The highest BCUT2D eigenvalue weighted by Gasteiger charge is 2.24. The van der Waals surface area contributed by atoms with Gasteiger partial charge in [-0.2, -0.15) is 14.9 Å². The highest BCUT2D eigenvalue weighted by molar-refractivity contribution is 6.32. The van der Waals surface area contributed by atoms with Gasteiger partial charge in [0.05, 0.1) is 28.9 Å². The molecule has 170 valence electrons. The quantitative estimate of drug-likeness (QED) is 0.299. The Hall–Kier alpha value is -4.10. The largest absolute Gasteiger partial charge is 0.378 e.